The Hall–Kier alpha value is -1.85. The molecule has 0 aliphatic heterocycles. The molecule has 1 aliphatic carbocycles. The van der Waals surface area contributed by atoms with E-state index in [2.05, 4.69) is 10.2 Å². The first-order valence-corrected chi connectivity index (χ1v) is 6.51. The van der Waals surface area contributed by atoms with Gasteiger partial charge in [0, 0.05) is 16.9 Å². The van der Waals surface area contributed by atoms with E-state index in [1.807, 2.05) is 0 Å². The molecule has 1 unspecified atom stereocenters. The van der Waals surface area contributed by atoms with Crippen LogP contribution in [0.5, 0.6) is 0 Å². The van der Waals surface area contributed by atoms with Crippen LogP contribution in [0.4, 0.5) is 13.2 Å². The third-order valence-corrected chi connectivity index (χ3v) is 3.83. The lowest BCUT2D eigenvalue weighted by atomic mass is 9.91. The second-order valence-electron chi connectivity index (χ2n) is 5.20. The van der Waals surface area contributed by atoms with Crippen LogP contribution >= 0.6 is 0 Å². The number of carbonyl (C=O) groups excluding carboxylic acids is 1. The van der Waals surface area contributed by atoms with E-state index >= 15 is 0 Å². The van der Waals surface area contributed by atoms with Crippen molar-refractivity contribution in [1.82, 2.24) is 10.2 Å². The molecule has 0 radical (unpaired) electrons. The number of ketones is 1. The number of rotatable bonds is 1. The zero-order valence-electron chi connectivity index (χ0n) is 10.6. The molecule has 1 N–H and O–H groups in total. The molecular formula is C14H13F3N2O. The van der Waals surface area contributed by atoms with Gasteiger partial charge < -0.3 is 0 Å². The van der Waals surface area contributed by atoms with Crippen LogP contribution in [0.1, 0.15) is 35.2 Å². The minimum absolute atomic E-state index is 0.284. The summed E-state index contributed by atoms with van der Waals surface area (Å²) in [4.78, 5) is 12.3. The molecule has 0 saturated carbocycles. The van der Waals surface area contributed by atoms with Crippen molar-refractivity contribution in [2.75, 3.05) is 0 Å². The Morgan fingerprint density at radius 1 is 1.35 bits per heavy atom. The Labute approximate surface area is 113 Å². The molecule has 1 aliphatic rings. The summed E-state index contributed by atoms with van der Waals surface area (Å²) in [5.74, 6) is -1.35. The molecule has 1 aromatic heterocycles. The summed E-state index contributed by atoms with van der Waals surface area (Å²) in [7, 11) is 0. The fourth-order valence-electron chi connectivity index (χ4n) is 2.93. The Morgan fingerprint density at radius 3 is 2.90 bits per heavy atom. The van der Waals surface area contributed by atoms with Crippen molar-refractivity contribution in [3.8, 4) is 0 Å². The van der Waals surface area contributed by atoms with Crippen LogP contribution in [-0.4, -0.2) is 22.2 Å². The largest absolute Gasteiger partial charge is 0.389 e. The molecule has 106 valence electrons. The average molecular weight is 282 g/mol. The predicted molar refractivity (Wildman–Crippen MR) is 67.5 cm³/mol. The molecule has 1 heterocycles. The molecule has 0 fully saturated rings. The summed E-state index contributed by atoms with van der Waals surface area (Å²) in [5, 5.41) is 7.58. The van der Waals surface area contributed by atoms with Gasteiger partial charge in [-0.05, 0) is 37.0 Å². The summed E-state index contributed by atoms with van der Waals surface area (Å²) in [6.45, 7) is 0. The molecule has 0 amide bonds. The maximum Gasteiger partial charge on any atom is 0.389 e. The topological polar surface area (TPSA) is 45.8 Å². The summed E-state index contributed by atoms with van der Waals surface area (Å²) < 4.78 is 37.7. The second kappa shape index (κ2) is 4.61. The van der Waals surface area contributed by atoms with Crippen LogP contribution in [-0.2, 0) is 6.42 Å². The quantitative estimate of drug-likeness (QED) is 0.811. The summed E-state index contributed by atoms with van der Waals surface area (Å²) >= 11 is 0. The molecular weight excluding hydrogens is 269 g/mol. The monoisotopic (exact) mass is 282 g/mol. The highest BCUT2D eigenvalue weighted by atomic mass is 19.4. The number of benzene rings is 1. The summed E-state index contributed by atoms with van der Waals surface area (Å²) in [5.41, 5.74) is 2.06. The average Bonchev–Trinajstić information content (AvgIpc) is 2.78. The molecule has 1 atom stereocenters. The summed E-state index contributed by atoms with van der Waals surface area (Å²) in [6, 6.07) is 3.32. The number of hydrogen-bond donors (Lipinski definition) is 1. The minimum Gasteiger partial charge on any atom is -0.294 e. The van der Waals surface area contributed by atoms with Crippen molar-refractivity contribution in [2.24, 2.45) is 5.92 Å². The first-order valence-electron chi connectivity index (χ1n) is 6.51. The van der Waals surface area contributed by atoms with Crippen LogP contribution < -0.4 is 0 Å². The van der Waals surface area contributed by atoms with Gasteiger partial charge in [-0.2, -0.15) is 18.3 Å². The number of halogens is 3. The number of H-pyrrole nitrogens is 1. The molecule has 3 rings (SSSR count). The highest BCUT2D eigenvalue weighted by Gasteiger charge is 2.37. The fraction of sp³-hybridized carbons (Fsp3) is 0.429. The number of aromatic amines is 1. The second-order valence-corrected chi connectivity index (χ2v) is 5.20. The highest BCUT2D eigenvalue weighted by Crippen LogP contribution is 2.35. The van der Waals surface area contributed by atoms with Crippen molar-refractivity contribution in [1.29, 1.82) is 0 Å². The van der Waals surface area contributed by atoms with Crippen LogP contribution in [0, 0.1) is 5.92 Å². The normalized spacial score (nSPS) is 19.9. The van der Waals surface area contributed by atoms with Gasteiger partial charge in [-0.1, -0.05) is 0 Å². The number of fused-ring (bicyclic) bond motifs is 3. The van der Waals surface area contributed by atoms with Gasteiger partial charge in [0.25, 0.3) is 0 Å². The molecule has 1 aromatic carbocycles. The number of nitrogens with one attached hydrogen (secondary N) is 1. The maximum absolute atomic E-state index is 12.6. The summed E-state index contributed by atoms with van der Waals surface area (Å²) in [6.07, 6.45) is -2.22. The molecule has 2 aromatic rings. The number of alkyl halides is 3. The van der Waals surface area contributed by atoms with E-state index in [1.165, 1.54) is 0 Å². The molecule has 3 nitrogen and oxygen atoms in total. The first kappa shape index (κ1) is 13.1. The molecule has 0 saturated heterocycles. The van der Waals surface area contributed by atoms with Crippen molar-refractivity contribution >= 4 is 16.7 Å². The van der Waals surface area contributed by atoms with Crippen molar-refractivity contribution < 1.29 is 18.0 Å². The van der Waals surface area contributed by atoms with Crippen LogP contribution in [0.15, 0.2) is 18.3 Å². The predicted octanol–water partition coefficient (Wildman–Crippen LogP) is 3.65. The van der Waals surface area contributed by atoms with Gasteiger partial charge >= 0.3 is 6.18 Å². The number of aryl methyl sites for hydroxylation is 1. The van der Waals surface area contributed by atoms with Crippen molar-refractivity contribution in [3.63, 3.8) is 0 Å². The van der Waals surface area contributed by atoms with E-state index in [0.717, 1.165) is 16.5 Å². The zero-order chi connectivity index (χ0) is 14.3. The van der Waals surface area contributed by atoms with Crippen LogP contribution in [0.3, 0.4) is 0 Å². The maximum atomic E-state index is 12.6. The minimum atomic E-state index is -4.30. The number of aromatic nitrogens is 2. The lowest BCUT2D eigenvalue weighted by molar-refractivity contribution is -0.141. The van der Waals surface area contributed by atoms with E-state index in [0.29, 0.717) is 18.4 Å². The fourth-order valence-corrected chi connectivity index (χ4v) is 2.93. The highest BCUT2D eigenvalue weighted by molar-refractivity contribution is 6.03. The number of Topliss-reactive ketones (excluding diaryl/α,β-unsaturated/α-hetero) is 1. The van der Waals surface area contributed by atoms with Gasteiger partial charge in [-0.3, -0.25) is 9.89 Å². The van der Waals surface area contributed by atoms with Gasteiger partial charge in [-0.25, -0.2) is 0 Å². The van der Waals surface area contributed by atoms with Crippen molar-refractivity contribution in [3.05, 3.63) is 29.5 Å². The van der Waals surface area contributed by atoms with E-state index in [9.17, 15) is 18.0 Å². The third-order valence-electron chi connectivity index (χ3n) is 3.83. The molecule has 0 bridgehead atoms. The van der Waals surface area contributed by atoms with Gasteiger partial charge in [0.15, 0.2) is 5.78 Å². The zero-order valence-corrected chi connectivity index (χ0v) is 10.6. The molecule has 20 heavy (non-hydrogen) atoms. The standard InChI is InChI=1S/C14H13F3N2O/c15-14(16,17)6-8-2-1-3-9-10(13(8)20)4-5-12-11(9)7-18-19-12/h4-5,7-8H,1-3,6H2,(H,18,19). The van der Waals surface area contributed by atoms with Crippen LogP contribution in [0.2, 0.25) is 0 Å². The van der Waals surface area contributed by atoms with Crippen LogP contribution in [0.25, 0.3) is 10.9 Å². The smallest absolute Gasteiger partial charge is 0.294 e. The van der Waals surface area contributed by atoms with Gasteiger partial charge in [0.2, 0.25) is 0 Å². The number of carbonyl (C=O) groups is 1. The van der Waals surface area contributed by atoms with Gasteiger partial charge in [-0.15, -0.1) is 0 Å². The van der Waals surface area contributed by atoms with E-state index in [1.54, 1.807) is 18.3 Å². The molecule has 0 spiro atoms. The first-order chi connectivity index (χ1) is 9.46. The van der Waals surface area contributed by atoms with Gasteiger partial charge in [0.1, 0.15) is 0 Å². The Morgan fingerprint density at radius 2 is 2.15 bits per heavy atom. The third kappa shape index (κ3) is 2.30. The lowest BCUT2D eigenvalue weighted by Gasteiger charge is -2.15. The Kier molecular flexibility index (Phi) is 3.03. The number of nitrogens with zero attached hydrogens (tertiary/aromatic N) is 1. The number of hydrogen-bond acceptors (Lipinski definition) is 2. The lowest BCUT2D eigenvalue weighted by Crippen LogP contribution is -2.22. The van der Waals surface area contributed by atoms with Crippen molar-refractivity contribution in [2.45, 2.75) is 31.9 Å². The van der Waals surface area contributed by atoms with Gasteiger partial charge in [0.05, 0.1) is 18.1 Å². The molecule has 6 heteroatoms. The Balaban J connectivity index is 2.03. The van der Waals surface area contributed by atoms with E-state index in [-0.39, 0.29) is 6.42 Å². The van der Waals surface area contributed by atoms with E-state index < -0.39 is 24.3 Å². The van der Waals surface area contributed by atoms with E-state index in [4.69, 9.17) is 0 Å². The Bertz CT molecular complexity index is 660. The SMILES string of the molecule is O=C1c2ccc3[nH]ncc3c2CCCC1CC(F)(F)F.